The molecular weight excluding hydrogens is 972 g/mol. The monoisotopic (exact) mass is 1040 g/mol. The maximum atomic E-state index is 12.4. The van der Waals surface area contributed by atoms with E-state index in [1.165, 1.54) is 13.8 Å². The molecule has 0 bridgehead atoms. The number of hydrogen-bond acceptors (Lipinski definition) is 29. The van der Waals surface area contributed by atoms with Gasteiger partial charge in [0.15, 0.2) is 31.5 Å². The van der Waals surface area contributed by atoms with E-state index in [0.29, 0.717) is 0 Å². The molecule has 5 heterocycles. The largest absolute Gasteiger partial charge is 0.394 e. The summed E-state index contributed by atoms with van der Waals surface area (Å²) < 4.78 is 59.1. The lowest BCUT2D eigenvalue weighted by atomic mass is 9.95. The van der Waals surface area contributed by atoms with Crippen molar-refractivity contribution in [2.45, 2.75) is 206 Å². The third kappa shape index (κ3) is 13.6. The Bertz CT molecular complexity index is 1660. The summed E-state index contributed by atoms with van der Waals surface area (Å²) in [5, 5.41) is 188. The topological polar surface area (TPSA) is 494 Å². The zero-order valence-electron chi connectivity index (χ0n) is 38.8. The lowest BCUT2D eigenvalue weighted by Gasteiger charge is -2.51. The highest BCUT2D eigenvalue weighted by atomic mass is 16.8. The van der Waals surface area contributed by atoms with Crippen molar-refractivity contribution in [3.8, 4) is 0 Å². The van der Waals surface area contributed by atoms with Crippen LogP contribution in [0.15, 0.2) is 0 Å². The first kappa shape index (κ1) is 59.7. The molecule has 0 aliphatic carbocycles. The molecule has 5 aliphatic rings. The van der Waals surface area contributed by atoms with Gasteiger partial charge in [0.2, 0.25) is 11.8 Å². The Kier molecular flexibility index (Phi) is 21.9. The number of rotatable bonds is 20. The summed E-state index contributed by atoms with van der Waals surface area (Å²) in [6.07, 6.45) is -52.3. The van der Waals surface area contributed by atoms with Crippen LogP contribution >= 0.6 is 0 Å². The van der Waals surface area contributed by atoms with Crippen molar-refractivity contribution in [1.29, 1.82) is 0 Å². The quantitative estimate of drug-likeness (QED) is 0.0538. The van der Waals surface area contributed by atoms with E-state index < -0.39 is 223 Å². The van der Waals surface area contributed by atoms with Crippen molar-refractivity contribution >= 4 is 11.8 Å². The first-order chi connectivity index (χ1) is 33.4. The second-order valence-electron chi connectivity index (χ2n) is 18.0. The number of carbonyl (C=O) groups is 2. The van der Waals surface area contributed by atoms with E-state index in [0.717, 1.165) is 13.8 Å². The number of ether oxygens (including phenoxy) is 10. The van der Waals surface area contributed by atoms with Crippen LogP contribution in [0.1, 0.15) is 27.7 Å². The molecular formula is C40H70N2O29. The van der Waals surface area contributed by atoms with Crippen molar-refractivity contribution < 1.29 is 144 Å². The number of aliphatic hydroxyl groups excluding tert-OH is 17. The van der Waals surface area contributed by atoms with Gasteiger partial charge < -0.3 is 145 Å². The lowest BCUT2D eigenvalue weighted by molar-refractivity contribution is -0.408. The van der Waals surface area contributed by atoms with E-state index in [1.807, 2.05) is 0 Å². The van der Waals surface area contributed by atoms with Gasteiger partial charge in [-0.05, 0) is 13.8 Å². The number of hydrogen-bond donors (Lipinski definition) is 19. The van der Waals surface area contributed by atoms with Crippen molar-refractivity contribution in [3.05, 3.63) is 0 Å². The van der Waals surface area contributed by atoms with Gasteiger partial charge >= 0.3 is 0 Å². The SMILES string of the molecule is CC(=O)N[C@H]1[C@H](OC[C@H]2O[C@@H](O[C@@H]([C@@H](O)[C@H](O)CO)[C@H](CO)NC(C)=O)[C@H](O[C@H]3O[C@H](C)[C@H](O)[C@H](O)[C@H]3O)[C@@H](O[C@@H]3O[C@H](CO)[C@H](O)[C@H](O)[C@H]3O[C@H]3O[C@H](C)[C@H](O)[C@H](O)[C@H]3O)[C@H]2O)O[C@H](CO)[C@@H](O)[C@@H]1O. The van der Waals surface area contributed by atoms with E-state index in [1.54, 1.807) is 0 Å². The molecule has 414 valence electrons. The summed E-state index contributed by atoms with van der Waals surface area (Å²) in [5.74, 6) is -1.59. The summed E-state index contributed by atoms with van der Waals surface area (Å²) in [7, 11) is 0. The molecule has 5 fully saturated rings. The molecule has 0 aromatic carbocycles. The highest BCUT2D eigenvalue weighted by Gasteiger charge is 2.58. The summed E-state index contributed by atoms with van der Waals surface area (Å²) in [6, 6.07) is -3.27. The summed E-state index contributed by atoms with van der Waals surface area (Å²) >= 11 is 0. The molecule has 5 aliphatic heterocycles. The molecule has 0 radical (unpaired) electrons. The van der Waals surface area contributed by atoms with Gasteiger partial charge in [0.1, 0.15) is 128 Å². The van der Waals surface area contributed by atoms with Gasteiger partial charge in [-0.1, -0.05) is 0 Å². The van der Waals surface area contributed by atoms with Crippen LogP contribution in [0.25, 0.3) is 0 Å². The first-order valence-electron chi connectivity index (χ1n) is 22.7. The van der Waals surface area contributed by atoms with Crippen molar-refractivity contribution in [2.75, 3.05) is 33.0 Å². The van der Waals surface area contributed by atoms with Gasteiger partial charge in [0.05, 0.1) is 51.3 Å². The Morgan fingerprint density at radius 2 is 1.00 bits per heavy atom. The second kappa shape index (κ2) is 26.1. The van der Waals surface area contributed by atoms with Crippen LogP contribution in [0, 0.1) is 0 Å². The third-order valence-electron chi connectivity index (χ3n) is 12.8. The van der Waals surface area contributed by atoms with Gasteiger partial charge in [-0.25, -0.2) is 0 Å². The van der Waals surface area contributed by atoms with Crippen molar-refractivity contribution in [3.63, 3.8) is 0 Å². The zero-order valence-corrected chi connectivity index (χ0v) is 38.8. The van der Waals surface area contributed by atoms with Crippen LogP contribution in [-0.2, 0) is 57.0 Å². The number of aliphatic hydroxyl groups is 17. The van der Waals surface area contributed by atoms with Crippen LogP contribution in [0.3, 0.4) is 0 Å². The van der Waals surface area contributed by atoms with E-state index in [-0.39, 0.29) is 0 Å². The number of carbonyl (C=O) groups excluding carboxylic acids is 2. The van der Waals surface area contributed by atoms with Crippen molar-refractivity contribution in [1.82, 2.24) is 10.6 Å². The van der Waals surface area contributed by atoms with Crippen LogP contribution in [0.5, 0.6) is 0 Å². The predicted octanol–water partition coefficient (Wildman–Crippen LogP) is -12.1. The van der Waals surface area contributed by atoms with E-state index in [9.17, 15) is 96.4 Å². The smallest absolute Gasteiger partial charge is 0.217 e. The van der Waals surface area contributed by atoms with E-state index in [2.05, 4.69) is 10.6 Å². The molecule has 0 saturated carbocycles. The van der Waals surface area contributed by atoms with Gasteiger partial charge in [-0.15, -0.1) is 0 Å². The fourth-order valence-corrected chi connectivity index (χ4v) is 8.66. The molecule has 31 heteroatoms. The van der Waals surface area contributed by atoms with Crippen LogP contribution in [0.2, 0.25) is 0 Å². The van der Waals surface area contributed by atoms with Crippen LogP contribution < -0.4 is 10.6 Å². The minimum absolute atomic E-state index is 0.757. The highest BCUT2D eigenvalue weighted by Crippen LogP contribution is 2.37. The number of nitrogens with one attached hydrogen (secondary N) is 2. The molecule has 5 rings (SSSR count). The fourth-order valence-electron chi connectivity index (χ4n) is 8.66. The molecule has 29 atom stereocenters. The molecule has 5 saturated heterocycles. The minimum Gasteiger partial charge on any atom is -0.394 e. The Morgan fingerprint density at radius 3 is 1.49 bits per heavy atom. The average molecular weight is 1040 g/mol. The van der Waals surface area contributed by atoms with E-state index >= 15 is 0 Å². The summed E-state index contributed by atoms with van der Waals surface area (Å²) in [4.78, 5) is 24.6. The summed E-state index contributed by atoms with van der Waals surface area (Å²) in [5.41, 5.74) is 0. The minimum atomic E-state index is -2.27. The lowest BCUT2D eigenvalue weighted by Crippen LogP contribution is -2.69. The van der Waals surface area contributed by atoms with Gasteiger partial charge in [0.25, 0.3) is 0 Å². The predicted molar refractivity (Wildman–Crippen MR) is 222 cm³/mol. The maximum absolute atomic E-state index is 12.4. The molecule has 2 amide bonds. The third-order valence-corrected chi connectivity index (χ3v) is 12.8. The molecule has 0 aromatic rings. The Balaban J connectivity index is 1.65. The molecule has 0 spiro atoms. The van der Waals surface area contributed by atoms with Crippen molar-refractivity contribution in [2.24, 2.45) is 0 Å². The average Bonchev–Trinajstić information content (AvgIpc) is 3.33. The van der Waals surface area contributed by atoms with Gasteiger partial charge in [-0.3, -0.25) is 9.59 Å². The zero-order chi connectivity index (χ0) is 52.9. The summed E-state index contributed by atoms with van der Waals surface area (Å²) in [6.45, 7) is -0.469. The highest BCUT2D eigenvalue weighted by molar-refractivity contribution is 5.73. The molecule has 0 unspecified atom stereocenters. The molecule has 0 aromatic heterocycles. The van der Waals surface area contributed by atoms with E-state index in [4.69, 9.17) is 47.4 Å². The van der Waals surface area contributed by atoms with Crippen LogP contribution in [0.4, 0.5) is 0 Å². The second-order valence-corrected chi connectivity index (χ2v) is 18.0. The Hall–Kier alpha value is -2.14. The molecule has 71 heavy (non-hydrogen) atoms. The van der Waals surface area contributed by atoms with Gasteiger partial charge in [0, 0.05) is 13.8 Å². The first-order valence-corrected chi connectivity index (χ1v) is 22.7. The maximum Gasteiger partial charge on any atom is 0.217 e. The van der Waals surface area contributed by atoms with Crippen LogP contribution in [-0.4, -0.2) is 309 Å². The Labute approximate surface area is 404 Å². The standard InChI is InChI=1S/C40H70N2O29/c1-10-20(50)27(57)30(60)37(63-10)70-34-29(59)24(54)17(8-46)66-39(34)69-33-25(55)18(9-62-36-19(42-13(4)48)26(56)23(53)16(7-45)65-36)67-40(35(33)71-38-31(61)28(58)21(51)11(2)64-38)68-32(22(52)15(49)6-44)14(5-43)41-12(3)47/h10-11,14-40,43-46,49-61H,5-9H2,1-4H3,(H,41,47)(H,42,48)/t10-,11-,14+,15-,16-,17-,18-,19-,20+,21+,22+,23-,24+,25+,26-,27+,28+,29+,30-,31-,32-,33+,34-,35-,36-,37-,38-,39+,40+/m1/s1. The molecule has 31 nitrogen and oxygen atoms in total. The molecule has 19 N–H and O–H groups in total. The van der Waals surface area contributed by atoms with Gasteiger partial charge in [-0.2, -0.15) is 0 Å². The normalized spacial score (nSPS) is 46.1. The fraction of sp³-hybridized carbons (Fsp3) is 0.950. The number of amides is 2. The Morgan fingerprint density at radius 1 is 0.507 bits per heavy atom.